The number of hydrogen-bond donors (Lipinski definition) is 3. The Morgan fingerprint density at radius 1 is 0.688 bits per heavy atom. The Bertz CT molecular complexity index is 551. The van der Waals surface area contributed by atoms with Crippen LogP contribution in [0.4, 0.5) is 0 Å². The summed E-state index contributed by atoms with van der Waals surface area (Å²) in [5.41, 5.74) is 0. The van der Waals surface area contributed by atoms with E-state index < -0.39 is 12.9 Å². The summed E-state index contributed by atoms with van der Waals surface area (Å²) in [7, 11) is 0.942. The summed E-state index contributed by atoms with van der Waals surface area (Å²) in [5.74, 6) is 0. The Morgan fingerprint density at radius 2 is 1.06 bits per heavy atom. The van der Waals surface area contributed by atoms with Gasteiger partial charge >= 0.3 is 7.60 Å². The first kappa shape index (κ1) is 31.6. The zero-order chi connectivity index (χ0) is 24.3. The van der Waals surface area contributed by atoms with Gasteiger partial charge in [-0.25, -0.2) is 0 Å². The minimum atomic E-state index is -4.56. The number of nitrogens with zero attached hydrogens (tertiary/aromatic N) is 1. The molecule has 1 atom stereocenters. The second-order valence-electron chi connectivity index (χ2n) is 10.4. The maximum absolute atomic E-state index is 11.8. The fourth-order valence-corrected chi connectivity index (χ4v) is 5.02. The standard InChI is InChI=1S/C26H52NO4P/c1-5-6-7-8-9-10-11-12-13-14-15-16-17-18-19-20-21-22-23-24-26(28,32(29,30)31)25-27(2,3)4/h9-10,18-19,28H,5-8,11-17,20-25H2,1-4H3,(H-,29,30,31)/p+1/b10-9-,19-18-. The van der Waals surface area contributed by atoms with Crippen LogP contribution in [0.25, 0.3) is 0 Å². The number of likely N-dealkylation sites (N-methyl/N-ethyl adjacent to an activating group) is 1. The van der Waals surface area contributed by atoms with E-state index in [1.165, 1.54) is 64.2 Å². The van der Waals surface area contributed by atoms with Gasteiger partial charge in [-0.1, -0.05) is 69.8 Å². The van der Waals surface area contributed by atoms with Gasteiger partial charge in [0.25, 0.3) is 0 Å². The lowest BCUT2D eigenvalue weighted by Gasteiger charge is -2.35. The highest BCUT2D eigenvalue weighted by molar-refractivity contribution is 7.53. The maximum atomic E-state index is 11.8. The Kier molecular flexibility index (Phi) is 17.7. The van der Waals surface area contributed by atoms with Crippen LogP contribution in [0.15, 0.2) is 24.3 Å². The van der Waals surface area contributed by atoms with Gasteiger partial charge in [-0.3, -0.25) is 4.57 Å². The first-order valence-corrected chi connectivity index (χ1v) is 14.5. The molecule has 0 aromatic carbocycles. The minimum absolute atomic E-state index is 0.0485. The molecule has 0 aliphatic carbocycles. The van der Waals surface area contributed by atoms with Gasteiger partial charge < -0.3 is 19.4 Å². The van der Waals surface area contributed by atoms with Crippen molar-refractivity contribution >= 4 is 7.60 Å². The smallest absolute Gasteiger partial charge is 0.362 e. The van der Waals surface area contributed by atoms with E-state index >= 15 is 0 Å². The number of unbranched alkanes of at least 4 members (excludes halogenated alkanes) is 12. The van der Waals surface area contributed by atoms with Gasteiger partial charge in [-0.2, -0.15) is 0 Å². The molecule has 0 aromatic heterocycles. The largest absolute Gasteiger partial charge is 0.373 e. The second-order valence-corrected chi connectivity index (χ2v) is 12.3. The molecule has 0 aromatic rings. The molecular formula is C26H53NO4P+. The average Bonchev–Trinajstić information content (AvgIpc) is 2.67. The van der Waals surface area contributed by atoms with Crippen molar-refractivity contribution in [2.75, 3.05) is 27.7 Å². The molecule has 5 nitrogen and oxygen atoms in total. The Morgan fingerprint density at radius 3 is 1.44 bits per heavy atom. The Hall–Kier alpha value is -0.450. The monoisotopic (exact) mass is 474 g/mol. The summed E-state index contributed by atoms with van der Waals surface area (Å²) >= 11 is 0. The first-order valence-electron chi connectivity index (χ1n) is 12.9. The van der Waals surface area contributed by atoms with Crippen LogP contribution in [0.5, 0.6) is 0 Å². The van der Waals surface area contributed by atoms with E-state index in [9.17, 15) is 19.5 Å². The quantitative estimate of drug-likeness (QED) is 0.0729. The van der Waals surface area contributed by atoms with Gasteiger partial charge in [0.05, 0.1) is 21.1 Å². The summed E-state index contributed by atoms with van der Waals surface area (Å²) in [6.07, 6.45) is 26.9. The average molecular weight is 475 g/mol. The van der Waals surface area contributed by atoms with Crippen molar-refractivity contribution < 1.29 is 23.9 Å². The SMILES string of the molecule is CCCCC/C=C\CCCCCCC/C=C\CCCCCC(O)(C[N+](C)(C)C)P(=O)(O)O. The van der Waals surface area contributed by atoms with Crippen molar-refractivity contribution in [1.29, 1.82) is 0 Å². The number of hydrogen-bond acceptors (Lipinski definition) is 2. The molecule has 0 radical (unpaired) electrons. The third kappa shape index (κ3) is 18.0. The molecule has 0 fully saturated rings. The summed E-state index contributed by atoms with van der Waals surface area (Å²) in [6.45, 7) is 2.29. The Balaban J connectivity index is 3.68. The molecule has 0 aliphatic rings. The molecule has 0 amide bonds. The van der Waals surface area contributed by atoms with Crippen LogP contribution in [0.1, 0.15) is 110 Å². The van der Waals surface area contributed by atoms with Crippen LogP contribution in [0.2, 0.25) is 0 Å². The van der Waals surface area contributed by atoms with Gasteiger partial charge in [-0.15, -0.1) is 0 Å². The normalized spacial score (nSPS) is 15.1. The van der Waals surface area contributed by atoms with Gasteiger partial charge in [-0.05, 0) is 64.2 Å². The molecule has 0 bridgehead atoms. The third-order valence-electron chi connectivity index (χ3n) is 5.77. The fourth-order valence-electron chi connectivity index (χ4n) is 3.96. The zero-order valence-corrected chi connectivity index (χ0v) is 22.4. The number of quaternary nitrogens is 1. The molecule has 0 spiro atoms. The zero-order valence-electron chi connectivity index (χ0n) is 21.5. The molecule has 0 saturated carbocycles. The number of rotatable bonds is 21. The summed E-state index contributed by atoms with van der Waals surface area (Å²) < 4.78 is 12.1. The predicted molar refractivity (Wildman–Crippen MR) is 138 cm³/mol. The molecule has 0 rings (SSSR count). The van der Waals surface area contributed by atoms with E-state index in [0.717, 1.165) is 25.7 Å². The highest BCUT2D eigenvalue weighted by Gasteiger charge is 2.48. The van der Waals surface area contributed by atoms with Crippen molar-refractivity contribution in [1.82, 2.24) is 0 Å². The topological polar surface area (TPSA) is 77.8 Å². The van der Waals surface area contributed by atoms with E-state index in [4.69, 9.17) is 0 Å². The molecule has 32 heavy (non-hydrogen) atoms. The van der Waals surface area contributed by atoms with Crippen molar-refractivity contribution in [3.05, 3.63) is 24.3 Å². The first-order chi connectivity index (χ1) is 15.0. The van der Waals surface area contributed by atoms with Crippen molar-refractivity contribution in [3.8, 4) is 0 Å². The van der Waals surface area contributed by atoms with Crippen molar-refractivity contribution in [2.45, 2.75) is 115 Å². The molecule has 0 saturated heterocycles. The molecule has 190 valence electrons. The molecule has 0 aliphatic heterocycles. The minimum Gasteiger partial charge on any atom is -0.373 e. The van der Waals surface area contributed by atoms with Crippen LogP contribution in [0, 0.1) is 0 Å². The van der Waals surface area contributed by atoms with E-state index in [1.54, 1.807) is 0 Å². The van der Waals surface area contributed by atoms with Crippen molar-refractivity contribution in [2.24, 2.45) is 0 Å². The summed E-state index contributed by atoms with van der Waals surface area (Å²) in [5, 5.41) is 8.61. The molecule has 6 heteroatoms. The highest BCUT2D eigenvalue weighted by Crippen LogP contribution is 2.52. The molecule has 3 N–H and O–H groups in total. The number of aliphatic hydroxyl groups is 1. The van der Waals surface area contributed by atoms with E-state index in [2.05, 4.69) is 31.2 Å². The fraction of sp³-hybridized carbons (Fsp3) is 0.846. The predicted octanol–water partition coefficient (Wildman–Crippen LogP) is 6.93. The van der Waals surface area contributed by atoms with Gasteiger partial charge in [0.2, 0.25) is 5.34 Å². The van der Waals surface area contributed by atoms with E-state index in [0.29, 0.717) is 10.9 Å². The Labute approximate surface area is 198 Å². The van der Waals surface area contributed by atoms with E-state index in [-0.39, 0.29) is 13.0 Å². The van der Waals surface area contributed by atoms with Crippen molar-refractivity contribution in [3.63, 3.8) is 0 Å². The molecule has 1 unspecified atom stereocenters. The summed E-state index contributed by atoms with van der Waals surface area (Å²) in [4.78, 5) is 19.2. The van der Waals surface area contributed by atoms with Crippen LogP contribution in [-0.2, 0) is 4.57 Å². The second kappa shape index (κ2) is 18.0. The maximum Gasteiger partial charge on any atom is 0.362 e. The van der Waals surface area contributed by atoms with Gasteiger partial charge in [0.15, 0.2) is 0 Å². The lowest BCUT2D eigenvalue weighted by atomic mass is 10.1. The lowest BCUT2D eigenvalue weighted by molar-refractivity contribution is -0.875. The van der Waals surface area contributed by atoms with Crippen LogP contribution >= 0.6 is 7.60 Å². The van der Waals surface area contributed by atoms with Crippen LogP contribution in [0.3, 0.4) is 0 Å². The van der Waals surface area contributed by atoms with Crippen LogP contribution < -0.4 is 0 Å². The lowest BCUT2D eigenvalue weighted by Crippen LogP contribution is -2.49. The van der Waals surface area contributed by atoms with Gasteiger partial charge in [0.1, 0.15) is 6.54 Å². The summed E-state index contributed by atoms with van der Waals surface area (Å²) in [6, 6.07) is 0. The highest BCUT2D eigenvalue weighted by atomic mass is 31.2. The van der Waals surface area contributed by atoms with E-state index in [1.807, 2.05) is 21.1 Å². The molecule has 0 heterocycles. The van der Waals surface area contributed by atoms with Gasteiger partial charge in [0, 0.05) is 0 Å². The number of allylic oxidation sites excluding steroid dienone is 4. The van der Waals surface area contributed by atoms with Crippen LogP contribution in [-0.4, -0.2) is 52.4 Å². The molecular weight excluding hydrogens is 421 g/mol. The third-order valence-corrected chi connectivity index (χ3v) is 7.22.